The van der Waals surface area contributed by atoms with Gasteiger partial charge < -0.3 is 9.84 Å². The third-order valence-corrected chi connectivity index (χ3v) is 5.60. The Balaban J connectivity index is 2.03. The Hall–Kier alpha value is -3.72. The Morgan fingerprint density at radius 1 is 1.18 bits per heavy atom. The van der Waals surface area contributed by atoms with Crippen molar-refractivity contribution in [2.45, 2.75) is 20.3 Å². The van der Waals surface area contributed by atoms with Gasteiger partial charge in [0.05, 0.1) is 10.2 Å². The molecule has 3 rings (SSSR count). The van der Waals surface area contributed by atoms with Gasteiger partial charge in [-0.25, -0.2) is 14.5 Å². The van der Waals surface area contributed by atoms with Crippen molar-refractivity contribution >= 4 is 51.5 Å². The number of halogens is 1. The van der Waals surface area contributed by atoms with Crippen molar-refractivity contribution in [2.75, 3.05) is 11.5 Å². The molecule has 1 fully saturated rings. The summed E-state index contributed by atoms with van der Waals surface area (Å²) in [7, 11) is 0. The third kappa shape index (κ3) is 5.20. The van der Waals surface area contributed by atoms with E-state index >= 15 is 0 Å². The summed E-state index contributed by atoms with van der Waals surface area (Å²) in [5, 5.41) is 11.1. The first-order chi connectivity index (χ1) is 15.6. The molecular weight excluding hydrogens is 492 g/mol. The highest BCUT2D eigenvalue weighted by Gasteiger charge is 2.37. The fraction of sp³-hybridized carbons (Fsp3) is 0.167. The van der Waals surface area contributed by atoms with Crippen LogP contribution in [0.25, 0.3) is 6.08 Å². The summed E-state index contributed by atoms with van der Waals surface area (Å²) in [5.74, 6) is -2.36. The number of amides is 4. The normalized spacial score (nSPS) is 14.9. The number of aryl methyl sites for hydroxylation is 2. The van der Waals surface area contributed by atoms with Crippen molar-refractivity contribution in [3.63, 3.8) is 0 Å². The number of carbonyl (C=O) groups excluding carboxylic acids is 3. The van der Waals surface area contributed by atoms with Crippen LogP contribution in [0.2, 0.25) is 0 Å². The van der Waals surface area contributed by atoms with E-state index in [9.17, 15) is 19.2 Å². The Morgan fingerprint density at radius 2 is 1.91 bits per heavy atom. The number of carboxylic acid groups (broad SMARTS) is 1. The number of nitrogens with one attached hydrogen (secondary N) is 1. The Bertz CT molecular complexity index is 1220. The number of hydrogen-bond donors (Lipinski definition) is 2. The van der Waals surface area contributed by atoms with E-state index in [1.54, 1.807) is 36.4 Å². The number of urea groups is 1. The zero-order chi connectivity index (χ0) is 24.3. The van der Waals surface area contributed by atoms with Gasteiger partial charge in [-0.1, -0.05) is 12.1 Å². The molecule has 0 spiro atoms. The van der Waals surface area contributed by atoms with Crippen LogP contribution < -0.4 is 15.0 Å². The lowest BCUT2D eigenvalue weighted by atomic mass is 10.0. The average Bonchev–Trinajstić information content (AvgIpc) is 2.73. The van der Waals surface area contributed by atoms with Gasteiger partial charge in [0.15, 0.2) is 6.61 Å². The van der Waals surface area contributed by atoms with Gasteiger partial charge in [-0.2, -0.15) is 0 Å². The van der Waals surface area contributed by atoms with Crippen molar-refractivity contribution in [2.24, 2.45) is 0 Å². The molecule has 0 aromatic heterocycles. The monoisotopic (exact) mass is 512 g/mol. The van der Waals surface area contributed by atoms with Crippen LogP contribution in [0.3, 0.4) is 0 Å². The SMILES string of the molecule is C=CCc1cc(/C=C2\C(=O)NC(=O)N(c3ccc(C)c(C)c3)C2=O)cc(Br)c1OCC(=O)O. The van der Waals surface area contributed by atoms with Gasteiger partial charge in [0.2, 0.25) is 0 Å². The van der Waals surface area contributed by atoms with E-state index < -0.39 is 30.4 Å². The maximum Gasteiger partial charge on any atom is 0.341 e. The Labute approximate surface area is 198 Å². The summed E-state index contributed by atoms with van der Waals surface area (Å²) < 4.78 is 5.81. The molecule has 8 nitrogen and oxygen atoms in total. The van der Waals surface area contributed by atoms with E-state index in [0.717, 1.165) is 16.0 Å². The molecule has 0 saturated carbocycles. The van der Waals surface area contributed by atoms with Crippen molar-refractivity contribution < 1.29 is 29.0 Å². The number of nitrogens with zero attached hydrogens (tertiary/aromatic N) is 1. The first-order valence-corrected chi connectivity index (χ1v) is 10.7. The fourth-order valence-corrected chi connectivity index (χ4v) is 3.92. The van der Waals surface area contributed by atoms with Gasteiger partial charge in [-0.3, -0.25) is 14.9 Å². The van der Waals surface area contributed by atoms with Crippen LogP contribution in [-0.2, 0) is 20.8 Å². The highest BCUT2D eigenvalue weighted by Crippen LogP contribution is 2.33. The molecule has 9 heteroatoms. The number of hydrogen-bond acceptors (Lipinski definition) is 5. The van der Waals surface area contributed by atoms with Gasteiger partial charge >= 0.3 is 12.0 Å². The maximum absolute atomic E-state index is 13.1. The number of barbiturate groups is 1. The Morgan fingerprint density at radius 3 is 2.55 bits per heavy atom. The van der Waals surface area contributed by atoms with Crippen LogP contribution in [-0.4, -0.2) is 35.5 Å². The number of imide groups is 2. The molecule has 0 aliphatic carbocycles. The molecule has 1 heterocycles. The van der Waals surface area contributed by atoms with Crippen molar-refractivity contribution in [1.82, 2.24) is 5.32 Å². The van der Waals surface area contributed by atoms with Crippen LogP contribution in [0.4, 0.5) is 10.5 Å². The number of allylic oxidation sites excluding steroid dienone is 1. The van der Waals surface area contributed by atoms with Gasteiger partial charge in [0.1, 0.15) is 11.3 Å². The minimum Gasteiger partial charge on any atom is -0.480 e. The van der Waals surface area contributed by atoms with Crippen molar-refractivity contribution in [1.29, 1.82) is 0 Å². The highest BCUT2D eigenvalue weighted by molar-refractivity contribution is 9.10. The van der Waals surface area contributed by atoms with Crippen LogP contribution >= 0.6 is 15.9 Å². The topological polar surface area (TPSA) is 113 Å². The predicted molar refractivity (Wildman–Crippen MR) is 126 cm³/mol. The van der Waals surface area contributed by atoms with Crippen LogP contribution in [0.5, 0.6) is 5.75 Å². The zero-order valence-electron chi connectivity index (χ0n) is 18.0. The van der Waals surface area contributed by atoms with E-state index in [4.69, 9.17) is 9.84 Å². The predicted octanol–water partition coefficient (Wildman–Crippen LogP) is 3.92. The lowest BCUT2D eigenvalue weighted by molar-refractivity contribution is -0.139. The van der Waals surface area contributed by atoms with Crippen LogP contribution in [0, 0.1) is 13.8 Å². The van der Waals surface area contributed by atoms with Crippen LogP contribution in [0.15, 0.2) is 53.0 Å². The second-order valence-electron chi connectivity index (χ2n) is 7.39. The lowest BCUT2D eigenvalue weighted by Crippen LogP contribution is -2.54. The second kappa shape index (κ2) is 9.83. The van der Waals surface area contributed by atoms with Gasteiger partial charge in [-0.15, -0.1) is 6.58 Å². The summed E-state index contributed by atoms with van der Waals surface area (Å²) in [6.45, 7) is 6.93. The molecule has 33 heavy (non-hydrogen) atoms. The van der Waals surface area contributed by atoms with Crippen molar-refractivity contribution in [3.05, 3.63) is 75.3 Å². The molecule has 0 atom stereocenters. The standard InChI is InChI=1S/C24H21BrN2O6/c1-4-5-16-9-15(11-19(25)21(16)33-12-20(28)29)10-18-22(30)26-24(32)27(23(18)31)17-7-6-13(2)14(3)8-17/h4,6-11H,1,5,12H2,2-3H3,(H,28,29)(H,26,30,32)/b18-10+. The zero-order valence-corrected chi connectivity index (χ0v) is 19.6. The molecule has 0 bridgehead atoms. The van der Waals surface area contributed by atoms with E-state index in [0.29, 0.717) is 33.5 Å². The molecule has 4 amide bonds. The molecule has 2 aromatic rings. The number of benzene rings is 2. The number of carboxylic acids is 1. The minimum atomic E-state index is -1.13. The van der Waals surface area contributed by atoms with E-state index in [1.807, 2.05) is 13.8 Å². The summed E-state index contributed by atoms with van der Waals surface area (Å²) in [5.41, 5.74) is 3.12. The lowest BCUT2D eigenvalue weighted by Gasteiger charge is -2.27. The highest BCUT2D eigenvalue weighted by atomic mass is 79.9. The largest absolute Gasteiger partial charge is 0.480 e. The Kier molecular flexibility index (Phi) is 7.13. The molecule has 2 N–H and O–H groups in total. The van der Waals surface area contributed by atoms with Crippen molar-refractivity contribution in [3.8, 4) is 5.75 Å². The average molecular weight is 513 g/mol. The molecule has 2 aromatic carbocycles. The quantitative estimate of drug-likeness (QED) is 0.330. The minimum absolute atomic E-state index is 0.219. The number of aliphatic carboxylic acids is 1. The second-order valence-corrected chi connectivity index (χ2v) is 8.25. The smallest absolute Gasteiger partial charge is 0.341 e. The number of rotatable bonds is 7. The summed E-state index contributed by atoms with van der Waals surface area (Å²) in [6.07, 6.45) is 3.35. The van der Waals surface area contributed by atoms with Crippen LogP contribution in [0.1, 0.15) is 22.3 Å². The number of carbonyl (C=O) groups is 4. The molecule has 1 aliphatic rings. The van der Waals surface area contributed by atoms with E-state index in [1.165, 1.54) is 6.08 Å². The third-order valence-electron chi connectivity index (χ3n) is 5.01. The summed E-state index contributed by atoms with van der Waals surface area (Å²) in [4.78, 5) is 49.9. The molecule has 0 radical (unpaired) electrons. The van der Waals surface area contributed by atoms with E-state index in [-0.39, 0.29) is 5.57 Å². The van der Waals surface area contributed by atoms with E-state index in [2.05, 4.69) is 27.8 Å². The molecule has 170 valence electrons. The molecule has 0 unspecified atom stereocenters. The molecular formula is C24H21BrN2O6. The summed E-state index contributed by atoms with van der Waals surface area (Å²) in [6, 6.07) is 7.56. The maximum atomic E-state index is 13.1. The van der Waals surface area contributed by atoms with Gasteiger partial charge in [-0.05, 0) is 88.8 Å². The molecule has 1 aliphatic heterocycles. The first-order valence-electron chi connectivity index (χ1n) is 9.89. The van der Waals surface area contributed by atoms with Gasteiger partial charge in [0.25, 0.3) is 11.8 Å². The first kappa shape index (κ1) is 23.9. The van der Waals surface area contributed by atoms with Gasteiger partial charge in [0, 0.05) is 0 Å². The fourth-order valence-electron chi connectivity index (χ4n) is 3.28. The number of ether oxygens (including phenoxy) is 1. The summed E-state index contributed by atoms with van der Waals surface area (Å²) >= 11 is 3.35. The number of anilines is 1. The molecule has 1 saturated heterocycles.